The summed E-state index contributed by atoms with van der Waals surface area (Å²) in [6.07, 6.45) is -11.2. The number of hydrogen-bond donors (Lipinski definition) is 3. The van der Waals surface area contributed by atoms with Gasteiger partial charge in [-0.05, 0) is 32.9 Å². The van der Waals surface area contributed by atoms with Crippen LogP contribution in [0.3, 0.4) is 0 Å². The first-order chi connectivity index (χ1) is 18.3. The number of halogens is 7. The Balaban J connectivity index is 1.66. The van der Waals surface area contributed by atoms with Gasteiger partial charge in [-0.3, -0.25) is 14.6 Å². The van der Waals surface area contributed by atoms with Crippen molar-refractivity contribution in [3.05, 3.63) is 41.0 Å². The summed E-state index contributed by atoms with van der Waals surface area (Å²) in [7, 11) is 0. The van der Waals surface area contributed by atoms with E-state index in [1.165, 1.54) is 19.9 Å². The van der Waals surface area contributed by atoms with Gasteiger partial charge in [0.15, 0.2) is 5.82 Å². The van der Waals surface area contributed by atoms with Gasteiger partial charge in [-0.1, -0.05) is 0 Å². The van der Waals surface area contributed by atoms with Gasteiger partial charge in [0.2, 0.25) is 5.60 Å². The van der Waals surface area contributed by atoms with Crippen molar-refractivity contribution in [1.82, 2.24) is 29.8 Å². The molecule has 216 valence electrons. The van der Waals surface area contributed by atoms with Crippen LogP contribution < -0.4 is 11.1 Å². The summed E-state index contributed by atoms with van der Waals surface area (Å²) < 4.78 is 96.0. The number of nitrogens with zero attached hydrogens (tertiary/aromatic N) is 5. The van der Waals surface area contributed by atoms with Crippen molar-refractivity contribution in [3.8, 4) is 11.3 Å². The number of pyridine rings is 1. The van der Waals surface area contributed by atoms with E-state index >= 15 is 0 Å². The third-order valence-corrected chi connectivity index (χ3v) is 6.63. The van der Waals surface area contributed by atoms with E-state index in [2.05, 4.69) is 20.4 Å². The summed E-state index contributed by atoms with van der Waals surface area (Å²) in [6, 6.07) is 0.543. The third kappa shape index (κ3) is 4.89. The number of aryl methyl sites for hydroxylation is 2. The monoisotopic (exact) mass is 577 g/mol. The molecule has 17 heteroatoms. The number of hydrogen-bond acceptors (Lipinski definition) is 7. The number of aliphatic hydroxyl groups is 1. The standard InChI is InChI=1S/C23H22F7N7O3/c1-9-11(16-5-13(22(25,26)27)17-18(31)32-8-33-37(16)17)4-12(10(2)34-9)19(38)35-15-7-36(6-14(15)24)20(39)21(3,40)23(28,29)30/h4-5,8,14-15,40H,6-7H2,1-3H3,(H,35,38)(H2,31,32,33)/t14-,15+,21?/m0/s1. The number of rotatable bonds is 4. The van der Waals surface area contributed by atoms with Gasteiger partial charge < -0.3 is 21.1 Å². The molecule has 3 aromatic heterocycles. The van der Waals surface area contributed by atoms with Crippen molar-refractivity contribution >= 4 is 23.1 Å². The molecule has 4 N–H and O–H groups in total. The molecule has 1 fully saturated rings. The Morgan fingerprint density at radius 3 is 2.35 bits per heavy atom. The van der Waals surface area contributed by atoms with Crippen LogP contribution in [-0.2, 0) is 11.0 Å². The van der Waals surface area contributed by atoms with E-state index in [9.17, 15) is 45.4 Å². The zero-order chi connectivity index (χ0) is 29.9. The van der Waals surface area contributed by atoms with Gasteiger partial charge in [0.05, 0.1) is 35.1 Å². The second-order valence-corrected chi connectivity index (χ2v) is 9.48. The lowest BCUT2D eigenvalue weighted by Crippen LogP contribution is -2.56. The number of carbonyl (C=O) groups is 2. The third-order valence-electron chi connectivity index (χ3n) is 6.63. The highest BCUT2D eigenvalue weighted by Gasteiger charge is 2.58. The fraction of sp³-hybridized carbons (Fsp3) is 0.435. The Morgan fingerprint density at radius 1 is 1.10 bits per heavy atom. The van der Waals surface area contributed by atoms with Gasteiger partial charge in [0.25, 0.3) is 11.8 Å². The number of anilines is 1. The summed E-state index contributed by atoms with van der Waals surface area (Å²) in [6.45, 7) is 1.65. The van der Waals surface area contributed by atoms with E-state index < -0.39 is 72.0 Å². The molecule has 40 heavy (non-hydrogen) atoms. The van der Waals surface area contributed by atoms with E-state index in [1.807, 2.05) is 0 Å². The molecule has 4 heterocycles. The van der Waals surface area contributed by atoms with Gasteiger partial charge in [-0.25, -0.2) is 13.9 Å². The molecule has 0 bridgehead atoms. The molecule has 0 spiro atoms. The number of nitrogen functional groups attached to an aromatic ring is 1. The quantitative estimate of drug-likeness (QED) is 0.406. The van der Waals surface area contributed by atoms with Crippen LogP contribution in [0.25, 0.3) is 16.8 Å². The molecule has 0 saturated carbocycles. The average molecular weight is 577 g/mol. The van der Waals surface area contributed by atoms with Crippen LogP contribution in [0.1, 0.15) is 34.2 Å². The minimum atomic E-state index is -5.32. The molecular formula is C23H22F7N7O3. The normalized spacial score (nSPS) is 19.6. The molecule has 0 radical (unpaired) electrons. The molecule has 1 aliphatic rings. The van der Waals surface area contributed by atoms with Crippen LogP contribution in [0.2, 0.25) is 0 Å². The van der Waals surface area contributed by atoms with Crippen molar-refractivity contribution in [2.45, 2.75) is 50.9 Å². The number of nitrogens with one attached hydrogen (secondary N) is 1. The molecule has 10 nitrogen and oxygen atoms in total. The highest BCUT2D eigenvalue weighted by Crippen LogP contribution is 2.39. The van der Waals surface area contributed by atoms with E-state index in [0.717, 1.165) is 16.9 Å². The Hall–Kier alpha value is -4.02. The first kappa shape index (κ1) is 29.0. The topological polar surface area (TPSA) is 139 Å². The first-order valence-corrected chi connectivity index (χ1v) is 11.6. The van der Waals surface area contributed by atoms with Crippen molar-refractivity contribution in [2.24, 2.45) is 0 Å². The molecule has 4 rings (SSSR count). The van der Waals surface area contributed by atoms with Gasteiger partial charge in [0.1, 0.15) is 18.0 Å². The summed E-state index contributed by atoms with van der Waals surface area (Å²) in [5.74, 6) is -3.17. The fourth-order valence-corrected chi connectivity index (χ4v) is 4.43. The number of nitrogens with two attached hydrogens (primary N) is 1. The smallest absolute Gasteiger partial charge is 0.382 e. The molecular weight excluding hydrogens is 555 g/mol. The summed E-state index contributed by atoms with van der Waals surface area (Å²) >= 11 is 0. The van der Waals surface area contributed by atoms with Gasteiger partial charge in [0, 0.05) is 17.8 Å². The molecule has 2 amide bonds. The highest BCUT2D eigenvalue weighted by molar-refractivity contribution is 5.97. The number of alkyl halides is 7. The Labute approximate surface area is 221 Å². The Kier molecular flexibility index (Phi) is 6.93. The Bertz CT molecular complexity index is 1500. The predicted octanol–water partition coefficient (Wildman–Crippen LogP) is 2.60. The minimum Gasteiger partial charge on any atom is -0.382 e. The molecule has 0 aromatic carbocycles. The van der Waals surface area contributed by atoms with Gasteiger partial charge >= 0.3 is 12.4 Å². The van der Waals surface area contributed by atoms with Crippen LogP contribution in [0.15, 0.2) is 18.5 Å². The van der Waals surface area contributed by atoms with E-state index in [4.69, 9.17) is 5.73 Å². The van der Waals surface area contributed by atoms with Crippen LogP contribution in [0, 0.1) is 13.8 Å². The van der Waals surface area contributed by atoms with Crippen LogP contribution >= 0.6 is 0 Å². The molecule has 0 aliphatic carbocycles. The largest absolute Gasteiger partial charge is 0.426 e. The SMILES string of the molecule is Cc1nc(C)c(-c2cc(C(F)(F)F)c3c(N)ncnn23)cc1C(=O)N[C@@H]1CN(C(=O)C(C)(O)C(F)(F)F)C[C@@H]1F. The van der Waals surface area contributed by atoms with Crippen molar-refractivity contribution in [1.29, 1.82) is 0 Å². The predicted molar refractivity (Wildman–Crippen MR) is 125 cm³/mol. The average Bonchev–Trinajstić information content (AvgIpc) is 3.39. The van der Waals surface area contributed by atoms with Crippen LogP contribution in [0.4, 0.5) is 36.6 Å². The highest BCUT2D eigenvalue weighted by atomic mass is 19.4. The summed E-state index contributed by atoms with van der Waals surface area (Å²) in [4.78, 5) is 33.6. The first-order valence-electron chi connectivity index (χ1n) is 11.6. The maximum Gasteiger partial charge on any atom is 0.426 e. The van der Waals surface area contributed by atoms with E-state index in [-0.39, 0.29) is 35.1 Å². The zero-order valence-corrected chi connectivity index (χ0v) is 21.0. The van der Waals surface area contributed by atoms with E-state index in [1.54, 1.807) is 0 Å². The number of aromatic nitrogens is 4. The lowest BCUT2D eigenvalue weighted by atomic mass is 10.0. The van der Waals surface area contributed by atoms with Crippen molar-refractivity contribution < 1.29 is 45.4 Å². The van der Waals surface area contributed by atoms with Crippen molar-refractivity contribution in [2.75, 3.05) is 18.8 Å². The molecule has 1 aliphatic heterocycles. The molecule has 1 unspecified atom stereocenters. The second-order valence-electron chi connectivity index (χ2n) is 9.48. The molecule has 3 aromatic rings. The number of carbonyl (C=O) groups excluding carboxylic acids is 2. The molecule has 1 saturated heterocycles. The van der Waals surface area contributed by atoms with Crippen molar-refractivity contribution in [3.63, 3.8) is 0 Å². The second kappa shape index (κ2) is 9.57. The lowest BCUT2D eigenvalue weighted by molar-refractivity contribution is -0.249. The summed E-state index contributed by atoms with van der Waals surface area (Å²) in [5.41, 5.74) is 0.371. The van der Waals surface area contributed by atoms with E-state index in [0.29, 0.717) is 4.90 Å². The van der Waals surface area contributed by atoms with Crippen LogP contribution in [-0.4, -0.2) is 78.5 Å². The lowest BCUT2D eigenvalue weighted by Gasteiger charge is -2.29. The zero-order valence-electron chi connectivity index (χ0n) is 21.0. The van der Waals surface area contributed by atoms with Gasteiger partial charge in [-0.2, -0.15) is 31.4 Å². The van der Waals surface area contributed by atoms with Gasteiger partial charge in [-0.15, -0.1) is 0 Å². The molecule has 3 atom stereocenters. The number of amides is 2. The van der Waals surface area contributed by atoms with Crippen LogP contribution in [0.5, 0.6) is 0 Å². The Morgan fingerprint density at radius 2 is 1.75 bits per heavy atom. The number of fused-ring (bicyclic) bond motifs is 1. The minimum absolute atomic E-state index is 0.0561. The summed E-state index contributed by atoms with van der Waals surface area (Å²) in [5, 5.41) is 15.8. The maximum atomic E-state index is 14.7. The number of likely N-dealkylation sites (tertiary alicyclic amines) is 1. The maximum absolute atomic E-state index is 14.7. The fourth-order valence-electron chi connectivity index (χ4n) is 4.43.